The van der Waals surface area contributed by atoms with Crippen molar-refractivity contribution in [2.45, 2.75) is 0 Å². The fourth-order valence-corrected chi connectivity index (χ4v) is 3.30. The highest BCUT2D eigenvalue weighted by Gasteiger charge is 2.21. The van der Waals surface area contributed by atoms with Crippen molar-refractivity contribution >= 4 is 22.8 Å². The molecular formula is C18H17N9. The van der Waals surface area contributed by atoms with E-state index in [1.54, 1.807) is 25.0 Å². The van der Waals surface area contributed by atoms with Gasteiger partial charge in [-0.1, -0.05) is 0 Å². The number of aromatic nitrogens is 7. The van der Waals surface area contributed by atoms with Gasteiger partial charge >= 0.3 is 0 Å². The molecule has 0 atom stereocenters. The van der Waals surface area contributed by atoms with Gasteiger partial charge in [0.2, 0.25) is 0 Å². The van der Waals surface area contributed by atoms with Crippen molar-refractivity contribution in [2.24, 2.45) is 0 Å². The maximum absolute atomic E-state index is 4.44. The molecule has 1 aliphatic heterocycles. The molecule has 134 valence electrons. The summed E-state index contributed by atoms with van der Waals surface area (Å²) in [5, 5.41) is 8.76. The predicted octanol–water partition coefficient (Wildman–Crippen LogP) is 1.53. The van der Waals surface area contributed by atoms with Crippen LogP contribution in [0.25, 0.3) is 22.4 Å². The first kappa shape index (κ1) is 15.6. The zero-order chi connectivity index (χ0) is 18.1. The lowest BCUT2D eigenvalue weighted by Crippen LogP contribution is -2.47. The second-order valence-corrected chi connectivity index (χ2v) is 6.29. The Hall–Kier alpha value is -3.62. The topological polar surface area (TPSA) is 99.6 Å². The number of nitrogens with zero attached hydrogens (tertiary/aromatic N) is 8. The van der Waals surface area contributed by atoms with Crippen LogP contribution in [0.3, 0.4) is 0 Å². The van der Waals surface area contributed by atoms with Crippen LogP contribution in [0, 0.1) is 0 Å². The third kappa shape index (κ3) is 2.92. The maximum atomic E-state index is 4.44. The molecule has 0 saturated carbocycles. The lowest BCUT2D eigenvalue weighted by Gasteiger charge is -2.35. The van der Waals surface area contributed by atoms with Crippen molar-refractivity contribution in [1.29, 1.82) is 0 Å². The van der Waals surface area contributed by atoms with Crippen LogP contribution in [0.1, 0.15) is 0 Å². The lowest BCUT2D eigenvalue weighted by atomic mass is 10.2. The Morgan fingerprint density at radius 2 is 1.78 bits per heavy atom. The molecule has 9 heteroatoms. The minimum atomic E-state index is 0.694. The number of piperazine rings is 1. The van der Waals surface area contributed by atoms with E-state index in [1.165, 1.54) is 0 Å². The van der Waals surface area contributed by atoms with Gasteiger partial charge in [0.1, 0.15) is 11.8 Å². The molecule has 5 rings (SSSR count). The Balaban J connectivity index is 1.30. The summed E-state index contributed by atoms with van der Waals surface area (Å²) < 4.78 is 0. The molecule has 0 aromatic carbocycles. The standard InChI is InChI=1S/C18H17N9/c1-2-13(10-19-5-1)14-3-4-15(25-24-14)26-6-8-27(9-7-26)18-16-17(21-11-20-16)22-12-23-18/h1-5,10-12H,6-9H2,(H,20,21,22,23). The summed E-state index contributed by atoms with van der Waals surface area (Å²) in [5.74, 6) is 1.78. The monoisotopic (exact) mass is 359 g/mol. The van der Waals surface area contributed by atoms with E-state index in [2.05, 4.69) is 44.9 Å². The highest BCUT2D eigenvalue weighted by atomic mass is 15.3. The zero-order valence-corrected chi connectivity index (χ0v) is 14.5. The maximum Gasteiger partial charge on any atom is 0.182 e. The van der Waals surface area contributed by atoms with Crippen molar-refractivity contribution in [1.82, 2.24) is 35.1 Å². The van der Waals surface area contributed by atoms with Crippen LogP contribution in [0.4, 0.5) is 11.6 Å². The van der Waals surface area contributed by atoms with Gasteiger partial charge in [-0.15, -0.1) is 10.2 Å². The highest BCUT2D eigenvalue weighted by molar-refractivity contribution is 5.82. The van der Waals surface area contributed by atoms with Crippen LogP contribution in [0.2, 0.25) is 0 Å². The fraction of sp³-hybridized carbons (Fsp3) is 0.222. The van der Waals surface area contributed by atoms with Gasteiger partial charge in [-0.05, 0) is 24.3 Å². The molecular weight excluding hydrogens is 342 g/mol. The summed E-state index contributed by atoms with van der Waals surface area (Å²) >= 11 is 0. The normalized spacial score (nSPS) is 14.7. The number of nitrogens with one attached hydrogen (secondary N) is 1. The molecule has 1 N–H and O–H groups in total. The first-order valence-electron chi connectivity index (χ1n) is 8.76. The molecule has 27 heavy (non-hydrogen) atoms. The van der Waals surface area contributed by atoms with Crippen LogP contribution in [0.5, 0.6) is 0 Å². The van der Waals surface area contributed by atoms with Gasteiger partial charge in [-0.3, -0.25) is 4.98 Å². The molecule has 1 fully saturated rings. The lowest BCUT2D eigenvalue weighted by molar-refractivity contribution is 0.639. The van der Waals surface area contributed by atoms with E-state index in [1.807, 2.05) is 24.3 Å². The molecule has 1 aliphatic rings. The third-order valence-electron chi connectivity index (χ3n) is 4.71. The van der Waals surface area contributed by atoms with Gasteiger partial charge in [0.05, 0.1) is 12.0 Å². The van der Waals surface area contributed by atoms with E-state index in [0.717, 1.165) is 54.6 Å². The molecule has 4 aromatic heterocycles. The van der Waals surface area contributed by atoms with Crippen LogP contribution in [0.15, 0.2) is 49.3 Å². The quantitative estimate of drug-likeness (QED) is 0.588. The van der Waals surface area contributed by atoms with Gasteiger partial charge in [-0.2, -0.15) is 0 Å². The number of hydrogen-bond acceptors (Lipinski definition) is 8. The van der Waals surface area contributed by atoms with Crippen molar-refractivity contribution in [2.75, 3.05) is 36.0 Å². The summed E-state index contributed by atoms with van der Waals surface area (Å²) in [6, 6.07) is 7.88. The van der Waals surface area contributed by atoms with Crippen molar-refractivity contribution in [3.8, 4) is 11.3 Å². The second kappa shape index (κ2) is 6.60. The molecule has 5 heterocycles. The summed E-state index contributed by atoms with van der Waals surface area (Å²) in [5.41, 5.74) is 3.37. The van der Waals surface area contributed by atoms with Gasteiger partial charge in [0.25, 0.3) is 0 Å². The van der Waals surface area contributed by atoms with Crippen LogP contribution in [-0.2, 0) is 0 Å². The summed E-state index contributed by atoms with van der Waals surface area (Å²) in [4.78, 5) is 24.6. The molecule has 0 bridgehead atoms. The van der Waals surface area contributed by atoms with Crippen LogP contribution < -0.4 is 9.80 Å². The highest BCUT2D eigenvalue weighted by Crippen LogP contribution is 2.23. The molecule has 1 saturated heterocycles. The van der Waals surface area contributed by atoms with E-state index in [0.29, 0.717) is 5.65 Å². The van der Waals surface area contributed by atoms with E-state index >= 15 is 0 Å². The summed E-state index contributed by atoms with van der Waals surface area (Å²) in [6.07, 6.45) is 6.76. The average molecular weight is 359 g/mol. The first-order chi connectivity index (χ1) is 13.4. The van der Waals surface area contributed by atoms with E-state index in [-0.39, 0.29) is 0 Å². The van der Waals surface area contributed by atoms with Crippen LogP contribution in [-0.4, -0.2) is 61.3 Å². The minimum absolute atomic E-state index is 0.694. The van der Waals surface area contributed by atoms with Gasteiger partial charge in [0.15, 0.2) is 17.3 Å². The predicted molar refractivity (Wildman–Crippen MR) is 101 cm³/mol. The smallest absolute Gasteiger partial charge is 0.182 e. The van der Waals surface area contributed by atoms with Crippen molar-refractivity contribution < 1.29 is 0 Å². The van der Waals surface area contributed by atoms with E-state index in [9.17, 15) is 0 Å². The molecule has 9 nitrogen and oxygen atoms in total. The number of fused-ring (bicyclic) bond motifs is 1. The molecule has 4 aromatic rings. The number of anilines is 2. The van der Waals surface area contributed by atoms with Gasteiger partial charge in [-0.25, -0.2) is 15.0 Å². The Labute approximate surface area is 155 Å². The number of pyridine rings is 1. The Morgan fingerprint density at radius 1 is 0.889 bits per heavy atom. The van der Waals surface area contributed by atoms with Crippen molar-refractivity contribution in [3.05, 3.63) is 49.3 Å². The molecule has 0 unspecified atom stereocenters. The Morgan fingerprint density at radius 3 is 2.56 bits per heavy atom. The van der Waals surface area contributed by atoms with Gasteiger partial charge in [0, 0.05) is 44.1 Å². The summed E-state index contributed by atoms with van der Waals surface area (Å²) in [7, 11) is 0. The van der Waals surface area contributed by atoms with Crippen LogP contribution >= 0.6 is 0 Å². The molecule has 0 radical (unpaired) electrons. The molecule has 0 aliphatic carbocycles. The zero-order valence-electron chi connectivity index (χ0n) is 14.5. The second-order valence-electron chi connectivity index (χ2n) is 6.29. The number of aromatic amines is 1. The number of imidazole rings is 1. The third-order valence-corrected chi connectivity index (χ3v) is 4.71. The molecule has 0 amide bonds. The first-order valence-corrected chi connectivity index (χ1v) is 8.76. The summed E-state index contributed by atoms with van der Waals surface area (Å²) in [6.45, 7) is 3.38. The Kier molecular flexibility index (Phi) is 3.82. The number of rotatable bonds is 3. The van der Waals surface area contributed by atoms with Crippen molar-refractivity contribution in [3.63, 3.8) is 0 Å². The number of H-pyrrole nitrogens is 1. The fourth-order valence-electron chi connectivity index (χ4n) is 3.30. The van der Waals surface area contributed by atoms with E-state index in [4.69, 9.17) is 0 Å². The average Bonchev–Trinajstić information content (AvgIpc) is 3.24. The minimum Gasteiger partial charge on any atom is -0.352 e. The van der Waals surface area contributed by atoms with E-state index < -0.39 is 0 Å². The number of hydrogen-bond donors (Lipinski definition) is 1. The van der Waals surface area contributed by atoms with Gasteiger partial charge < -0.3 is 14.8 Å². The molecule has 0 spiro atoms. The largest absolute Gasteiger partial charge is 0.352 e. The Bertz CT molecular complexity index is 1040. The SMILES string of the molecule is c1cncc(-c2ccc(N3CCN(c4ncnc5nc[nH]c45)CC3)nn2)c1.